The molecule has 2 unspecified atom stereocenters. The molecular formula is C14H21FN2OS. The number of anilines is 1. The van der Waals surface area contributed by atoms with Gasteiger partial charge in [0.15, 0.2) is 0 Å². The Labute approximate surface area is 116 Å². The lowest BCUT2D eigenvalue weighted by Gasteiger charge is -2.32. The van der Waals surface area contributed by atoms with Crippen molar-refractivity contribution in [2.45, 2.75) is 36.6 Å². The van der Waals surface area contributed by atoms with Gasteiger partial charge in [0.25, 0.3) is 0 Å². The molecule has 1 heterocycles. The normalized spacial score (nSPS) is 22.3. The monoisotopic (exact) mass is 284 g/mol. The fourth-order valence-corrected chi connectivity index (χ4v) is 3.77. The maximum atomic E-state index is 13.7. The van der Waals surface area contributed by atoms with Crippen LogP contribution in [-0.4, -0.2) is 34.5 Å². The maximum Gasteiger partial charge on any atom is 0.141 e. The van der Waals surface area contributed by atoms with E-state index in [9.17, 15) is 8.60 Å². The zero-order chi connectivity index (χ0) is 13.8. The summed E-state index contributed by atoms with van der Waals surface area (Å²) in [4.78, 5) is 2.59. The van der Waals surface area contributed by atoms with Gasteiger partial charge in [0, 0.05) is 17.5 Å². The van der Waals surface area contributed by atoms with Crippen LogP contribution in [0.1, 0.15) is 25.7 Å². The van der Waals surface area contributed by atoms with Crippen molar-refractivity contribution in [1.82, 2.24) is 4.90 Å². The maximum absolute atomic E-state index is 13.7. The van der Waals surface area contributed by atoms with Crippen LogP contribution in [-0.2, 0) is 10.8 Å². The minimum atomic E-state index is -1.28. The second kappa shape index (κ2) is 6.48. The van der Waals surface area contributed by atoms with Crippen LogP contribution in [0, 0.1) is 5.82 Å². The third kappa shape index (κ3) is 3.76. The van der Waals surface area contributed by atoms with Gasteiger partial charge in [-0.25, -0.2) is 4.39 Å². The van der Waals surface area contributed by atoms with E-state index in [4.69, 9.17) is 5.73 Å². The smallest absolute Gasteiger partial charge is 0.141 e. The van der Waals surface area contributed by atoms with Gasteiger partial charge in [0.05, 0.1) is 15.7 Å². The van der Waals surface area contributed by atoms with Gasteiger partial charge in [-0.1, -0.05) is 6.42 Å². The molecule has 2 rings (SSSR count). The average molecular weight is 284 g/mol. The molecule has 0 aliphatic carbocycles. The molecule has 1 aromatic rings. The highest BCUT2D eigenvalue weighted by molar-refractivity contribution is 7.85. The number of nitrogens with zero attached hydrogens (tertiary/aromatic N) is 1. The highest BCUT2D eigenvalue weighted by Crippen LogP contribution is 2.21. The molecule has 0 aromatic heterocycles. The lowest BCUT2D eigenvalue weighted by molar-refractivity contribution is 0.182. The number of hydrogen-bond donors (Lipinski definition) is 1. The number of likely N-dealkylation sites (tertiary alicyclic amines) is 1. The quantitative estimate of drug-likeness (QED) is 0.864. The van der Waals surface area contributed by atoms with Crippen molar-refractivity contribution >= 4 is 16.5 Å². The molecule has 1 aliphatic rings. The second-order valence-corrected chi connectivity index (χ2v) is 6.70. The molecule has 1 fully saturated rings. The molecule has 1 saturated heterocycles. The summed E-state index contributed by atoms with van der Waals surface area (Å²) < 4.78 is 25.8. The predicted molar refractivity (Wildman–Crippen MR) is 77.0 cm³/mol. The Morgan fingerprint density at radius 1 is 1.47 bits per heavy atom. The van der Waals surface area contributed by atoms with Crippen LogP contribution < -0.4 is 5.73 Å². The Balaban J connectivity index is 1.93. The highest BCUT2D eigenvalue weighted by atomic mass is 32.2. The molecule has 0 amide bonds. The van der Waals surface area contributed by atoms with E-state index in [2.05, 4.69) is 11.9 Å². The van der Waals surface area contributed by atoms with Crippen molar-refractivity contribution in [3.05, 3.63) is 24.0 Å². The summed E-state index contributed by atoms with van der Waals surface area (Å²) in [7, 11) is 0.831. The van der Waals surface area contributed by atoms with Gasteiger partial charge in [-0.15, -0.1) is 0 Å². The Kier molecular flexibility index (Phi) is 4.93. The molecule has 0 bridgehead atoms. The molecule has 3 nitrogen and oxygen atoms in total. The number of nitrogen functional groups attached to an aromatic ring is 1. The molecule has 0 radical (unpaired) electrons. The summed E-state index contributed by atoms with van der Waals surface area (Å²) in [5, 5.41) is 0. The second-order valence-electron chi connectivity index (χ2n) is 5.16. The number of benzene rings is 1. The zero-order valence-corrected chi connectivity index (χ0v) is 12.1. The Morgan fingerprint density at radius 3 is 2.95 bits per heavy atom. The summed E-state index contributed by atoms with van der Waals surface area (Å²) >= 11 is 0. The number of halogens is 1. The molecular weight excluding hydrogens is 263 g/mol. The van der Waals surface area contributed by atoms with Crippen LogP contribution in [0.25, 0.3) is 0 Å². The number of hydrogen-bond acceptors (Lipinski definition) is 3. The Bertz CT molecular complexity index is 467. The van der Waals surface area contributed by atoms with E-state index in [0.717, 1.165) is 19.4 Å². The first kappa shape index (κ1) is 14.5. The Morgan fingerprint density at radius 2 is 2.26 bits per heavy atom. The molecule has 1 aliphatic heterocycles. The van der Waals surface area contributed by atoms with Gasteiger partial charge in [0.1, 0.15) is 5.82 Å². The van der Waals surface area contributed by atoms with E-state index in [1.165, 1.54) is 25.0 Å². The topological polar surface area (TPSA) is 46.3 Å². The number of rotatable bonds is 4. The van der Waals surface area contributed by atoms with Gasteiger partial charge in [-0.2, -0.15) is 0 Å². The molecule has 0 saturated carbocycles. The van der Waals surface area contributed by atoms with Crippen molar-refractivity contribution in [2.24, 2.45) is 0 Å². The molecule has 5 heteroatoms. The summed E-state index contributed by atoms with van der Waals surface area (Å²) in [6, 6.07) is 4.85. The van der Waals surface area contributed by atoms with E-state index >= 15 is 0 Å². The molecule has 1 aromatic carbocycles. The lowest BCUT2D eigenvalue weighted by Crippen LogP contribution is -2.37. The molecule has 2 N–H and O–H groups in total. The van der Waals surface area contributed by atoms with Crippen molar-refractivity contribution in [3.8, 4) is 0 Å². The number of nitrogens with two attached hydrogens (primary N) is 1. The highest BCUT2D eigenvalue weighted by Gasteiger charge is 2.20. The van der Waals surface area contributed by atoms with Gasteiger partial charge in [-0.3, -0.25) is 4.21 Å². The molecule has 19 heavy (non-hydrogen) atoms. The first-order chi connectivity index (χ1) is 9.08. The predicted octanol–water partition coefficient (Wildman–Crippen LogP) is 2.39. The third-order valence-electron chi connectivity index (χ3n) is 3.76. The lowest BCUT2D eigenvalue weighted by atomic mass is 10.0. The van der Waals surface area contributed by atoms with Gasteiger partial charge in [0.2, 0.25) is 0 Å². The standard InChI is InChI=1S/C14H21FN2OS/c1-17-8-3-2-4-12(17)7-9-19(18)14-6-5-11(16)10-13(14)15/h5-6,10,12H,2-4,7-9,16H2,1H3. The van der Waals surface area contributed by atoms with Crippen LogP contribution in [0.4, 0.5) is 10.1 Å². The van der Waals surface area contributed by atoms with E-state index < -0.39 is 16.6 Å². The molecule has 0 spiro atoms. The van der Waals surface area contributed by atoms with Crippen LogP contribution in [0.5, 0.6) is 0 Å². The zero-order valence-electron chi connectivity index (χ0n) is 11.3. The average Bonchev–Trinajstić information content (AvgIpc) is 2.37. The largest absolute Gasteiger partial charge is 0.399 e. The summed E-state index contributed by atoms with van der Waals surface area (Å²) in [5.74, 6) is 0.0471. The van der Waals surface area contributed by atoms with Crippen LogP contribution in [0.2, 0.25) is 0 Å². The van der Waals surface area contributed by atoms with Crippen LogP contribution in [0.3, 0.4) is 0 Å². The van der Waals surface area contributed by atoms with Crippen LogP contribution >= 0.6 is 0 Å². The first-order valence-electron chi connectivity index (χ1n) is 6.71. The first-order valence-corrected chi connectivity index (χ1v) is 8.03. The van der Waals surface area contributed by atoms with Gasteiger partial charge >= 0.3 is 0 Å². The van der Waals surface area contributed by atoms with E-state index in [-0.39, 0.29) is 4.90 Å². The third-order valence-corrected chi connectivity index (χ3v) is 5.19. The minimum absolute atomic E-state index is 0.271. The molecule has 2 atom stereocenters. The van der Waals surface area contributed by atoms with Crippen molar-refractivity contribution in [3.63, 3.8) is 0 Å². The van der Waals surface area contributed by atoms with E-state index in [1.54, 1.807) is 6.07 Å². The van der Waals surface area contributed by atoms with E-state index in [1.807, 2.05) is 0 Å². The van der Waals surface area contributed by atoms with Crippen molar-refractivity contribution in [1.29, 1.82) is 0 Å². The van der Waals surface area contributed by atoms with E-state index in [0.29, 0.717) is 17.5 Å². The molecule has 106 valence electrons. The minimum Gasteiger partial charge on any atom is -0.399 e. The van der Waals surface area contributed by atoms with Crippen molar-refractivity contribution in [2.75, 3.05) is 25.1 Å². The summed E-state index contributed by atoms with van der Waals surface area (Å²) in [5.41, 5.74) is 5.86. The summed E-state index contributed by atoms with van der Waals surface area (Å²) in [6.07, 6.45) is 4.48. The Hall–Kier alpha value is -0.940. The summed E-state index contributed by atoms with van der Waals surface area (Å²) in [6.45, 7) is 1.10. The number of piperidine rings is 1. The van der Waals surface area contributed by atoms with Crippen molar-refractivity contribution < 1.29 is 8.60 Å². The fraction of sp³-hybridized carbons (Fsp3) is 0.571. The van der Waals surface area contributed by atoms with Crippen LogP contribution in [0.15, 0.2) is 23.1 Å². The SMILES string of the molecule is CN1CCCCC1CCS(=O)c1ccc(N)cc1F. The fourth-order valence-electron chi connectivity index (χ4n) is 2.56. The van der Waals surface area contributed by atoms with Gasteiger partial charge in [-0.05, 0) is 51.1 Å². The van der Waals surface area contributed by atoms with Gasteiger partial charge < -0.3 is 10.6 Å².